The molecule has 2 aliphatic heterocycles. The zero-order valence-electron chi connectivity index (χ0n) is 22.5. The number of hydrogen-bond acceptors (Lipinski definition) is 17. The SMILES string of the molecule is Nc1nc(C(=NOCC(=O)NN=Cc2ccc(O)c(O)c2)C(=O)NC2C(=O)N3C(C(=O)O)=C(CSc4nncs4)CS[C@@H]23)cs1. The van der Waals surface area contributed by atoms with E-state index in [0.717, 1.165) is 16.2 Å². The van der Waals surface area contributed by atoms with Crippen LogP contribution in [0.15, 0.2) is 55.0 Å². The monoisotopic (exact) mass is 691 g/mol. The van der Waals surface area contributed by atoms with Crippen molar-refractivity contribution >= 4 is 86.9 Å². The number of carboxylic acid groups (broad SMARTS) is 1. The maximum absolute atomic E-state index is 13.3. The van der Waals surface area contributed by atoms with E-state index in [1.165, 1.54) is 64.7 Å². The summed E-state index contributed by atoms with van der Waals surface area (Å²) in [6.45, 7) is -0.659. The number of oxime groups is 1. The summed E-state index contributed by atoms with van der Waals surface area (Å²) >= 11 is 4.96. The van der Waals surface area contributed by atoms with E-state index in [-0.39, 0.29) is 33.7 Å². The maximum Gasteiger partial charge on any atom is 0.352 e. The molecule has 234 valence electrons. The minimum Gasteiger partial charge on any atom is -0.504 e. The maximum atomic E-state index is 13.3. The second-order valence-electron chi connectivity index (χ2n) is 8.94. The number of nitrogens with two attached hydrogens (primary N) is 1. The number of hydrogen-bond donors (Lipinski definition) is 6. The molecule has 21 heteroatoms. The van der Waals surface area contributed by atoms with Crippen LogP contribution in [0.4, 0.5) is 5.13 Å². The number of amides is 3. The normalized spacial score (nSPS) is 18.0. The standard InChI is InChI=1S/C24H21N9O8S4/c25-23-28-12(8-43-23)16(32-41-5-15(36)30-26-4-10-1-2-13(34)14(35)3-10)19(37)29-17-20(38)33-18(22(39)40)11(6-42-21(17)33)7-44-24-31-27-9-45-24/h1-4,8-9,17,21,34-35H,5-7H2,(H2,25,28)(H,29,37)(H,30,36)(H,39,40)/t17?,21-/m0/s1. The van der Waals surface area contributed by atoms with Gasteiger partial charge in [-0.3, -0.25) is 19.3 Å². The molecule has 1 saturated heterocycles. The predicted molar refractivity (Wildman–Crippen MR) is 165 cm³/mol. The van der Waals surface area contributed by atoms with Gasteiger partial charge in [-0.1, -0.05) is 28.3 Å². The molecule has 0 aliphatic carbocycles. The van der Waals surface area contributed by atoms with Crippen molar-refractivity contribution in [1.29, 1.82) is 0 Å². The number of nitrogens with one attached hydrogen (secondary N) is 2. The highest BCUT2D eigenvalue weighted by molar-refractivity contribution is 8.01. The van der Waals surface area contributed by atoms with E-state index in [9.17, 15) is 34.5 Å². The first kappa shape index (κ1) is 31.7. The molecular formula is C24H21N9O8S4. The van der Waals surface area contributed by atoms with Crippen LogP contribution >= 0.6 is 46.2 Å². The number of anilines is 1. The second kappa shape index (κ2) is 13.9. The second-order valence-corrected chi connectivity index (χ2v) is 13.0. The van der Waals surface area contributed by atoms with Gasteiger partial charge in [-0.15, -0.1) is 33.3 Å². The lowest BCUT2D eigenvalue weighted by atomic mass is 10.0. The number of fused-ring (bicyclic) bond motifs is 1. The van der Waals surface area contributed by atoms with Crippen LogP contribution in [0, 0.1) is 0 Å². The number of phenols is 2. The molecule has 7 N–H and O–H groups in total. The number of β-lactam (4-membered cyclic amide) rings is 1. The Morgan fingerprint density at radius 1 is 1.24 bits per heavy atom. The molecule has 4 heterocycles. The van der Waals surface area contributed by atoms with Crippen molar-refractivity contribution in [1.82, 2.24) is 30.8 Å². The molecule has 3 aromatic rings. The predicted octanol–water partition coefficient (Wildman–Crippen LogP) is 0.390. The summed E-state index contributed by atoms with van der Waals surface area (Å²) in [5, 5.41) is 47.4. The number of carbonyl (C=O) groups is 4. The highest BCUT2D eigenvalue weighted by Crippen LogP contribution is 2.41. The molecule has 45 heavy (non-hydrogen) atoms. The number of thiazole rings is 1. The Hall–Kier alpha value is -4.73. The van der Waals surface area contributed by atoms with Gasteiger partial charge in [0, 0.05) is 16.9 Å². The van der Waals surface area contributed by atoms with E-state index < -0.39 is 41.7 Å². The topological polar surface area (TPSA) is 255 Å². The van der Waals surface area contributed by atoms with Crippen molar-refractivity contribution in [2.24, 2.45) is 10.3 Å². The third-order valence-electron chi connectivity index (χ3n) is 5.98. The fraction of sp³-hybridized carbons (Fsp3) is 0.208. The number of carboxylic acids is 1. The van der Waals surface area contributed by atoms with Crippen LogP contribution in [-0.4, -0.2) is 101 Å². The van der Waals surface area contributed by atoms with Crippen molar-refractivity contribution < 1.29 is 39.3 Å². The van der Waals surface area contributed by atoms with E-state index >= 15 is 0 Å². The summed E-state index contributed by atoms with van der Waals surface area (Å²) in [7, 11) is 0. The minimum absolute atomic E-state index is 0.0302. The zero-order chi connectivity index (χ0) is 32.1. The number of thioether (sulfide) groups is 2. The van der Waals surface area contributed by atoms with Gasteiger partial charge in [-0.25, -0.2) is 15.2 Å². The van der Waals surface area contributed by atoms with Crippen LogP contribution in [0.25, 0.3) is 0 Å². The molecule has 5 rings (SSSR count). The van der Waals surface area contributed by atoms with Crippen molar-refractivity contribution in [3.8, 4) is 11.5 Å². The molecule has 0 spiro atoms. The van der Waals surface area contributed by atoms with Gasteiger partial charge in [-0.05, 0) is 29.3 Å². The zero-order valence-corrected chi connectivity index (χ0v) is 25.8. The number of nitrogen functional groups attached to an aromatic ring is 1. The number of aromatic nitrogens is 3. The number of phenolic OH excluding ortho intramolecular Hbond substituents is 2. The van der Waals surface area contributed by atoms with Crippen LogP contribution in [-0.2, 0) is 24.0 Å². The summed E-state index contributed by atoms with van der Waals surface area (Å²) < 4.78 is 0.664. The van der Waals surface area contributed by atoms with Crippen molar-refractivity contribution in [3.05, 3.63) is 51.6 Å². The third-order valence-corrected chi connectivity index (χ3v) is 9.94. The lowest BCUT2D eigenvalue weighted by Gasteiger charge is -2.49. The molecule has 0 radical (unpaired) electrons. The molecule has 0 bridgehead atoms. The van der Waals surface area contributed by atoms with E-state index in [0.29, 0.717) is 27.0 Å². The van der Waals surface area contributed by atoms with Crippen LogP contribution in [0.3, 0.4) is 0 Å². The first-order chi connectivity index (χ1) is 21.6. The molecule has 1 fully saturated rings. The Balaban J connectivity index is 1.22. The van der Waals surface area contributed by atoms with Crippen LogP contribution in [0.5, 0.6) is 11.5 Å². The van der Waals surface area contributed by atoms with Gasteiger partial charge in [0.15, 0.2) is 33.3 Å². The van der Waals surface area contributed by atoms with Gasteiger partial charge >= 0.3 is 5.97 Å². The molecule has 17 nitrogen and oxygen atoms in total. The Morgan fingerprint density at radius 2 is 2.07 bits per heavy atom. The number of aliphatic carboxylic acids is 1. The quantitative estimate of drug-likeness (QED) is 0.0494. The summed E-state index contributed by atoms with van der Waals surface area (Å²) in [5.41, 5.74) is 9.91. The van der Waals surface area contributed by atoms with Crippen LogP contribution in [0.2, 0.25) is 0 Å². The average Bonchev–Trinajstić information content (AvgIpc) is 3.70. The Kier molecular flexibility index (Phi) is 9.80. The fourth-order valence-corrected chi connectivity index (χ4v) is 7.49. The average molecular weight is 692 g/mol. The first-order valence-corrected chi connectivity index (χ1v) is 16.3. The Bertz CT molecular complexity index is 1730. The minimum atomic E-state index is -1.26. The van der Waals surface area contributed by atoms with Gasteiger partial charge in [0.2, 0.25) is 0 Å². The number of carbonyl (C=O) groups excluding carboxylic acids is 3. The molecule has 2 aromatic heterocycles. The van der Waals surface area contributed by atoms with Gasteiger partial charge in [0.25, 0.3) is 17.7 Å². The molecule has 1 aromatic carbocycles. The number of rotatable bonds is 12. The van der Waals surface area contributed by atoms with Gasteiger partial charge in [-0.2, -0.15) is 5.10 Å². The van der Waals surface area contributed by atoms with Gasteiger partial charge in [0.1, 0.15) is 28.3 Å². The van der Waals surface area contributed by atoms with E-state index in [4.69, 9.17) is 10.6 Å². The first-order valence-electron chi connectivity index (χ1n) is 12.5. The molecule has 0 saturated carbocycles. The highest BCUT2D eigenvalue weighted by atomic mass is 32.2. The van der Waals surface area contributed by atoms with Crippen molar-refractivity contribution in [2.75, 3.05) is 23.8 Å². The summed E-state index contributed by atoms with van der Waals surface area (Å²) in [4.78, 5) is 60.9. The third kappa shape index (κ3) is 7.33. The molecule has 3 amide bonds. The number of nitrogens with zero attached hydrogens (tertiary/aromatic N) is 6. The van der Waals surface area contributed by atoms with Crippen molar-refractivity contribution in [2.45, 2.75) is 15.8 Å². The van der Waals surface area contributed by atoms with Crippen LogP contribution in [0.1, 0.15) is 11.3 Å². The van der Waals surface area contributed by atoms with Gasteiger partial charge < -0.3 is 31.2 Å². The number of hydrazone groups is 1. The molecule has 2 aliphatic rings. The lowest BCUT2D eigenvalue weighted by Crippen LogP contribution is -2.71. The largest absolute Gasteiger partial charge is 0.504 e. The van der Waals surface area contributed by atoms with Crippen molar-refractivity contribution in [3.63, 3.8) is 0 Å². The summed E-state index contributed by atoms with van der Waals surface area (Å²) in [5.74, 6) is -3.54. The summed E-state index contributed by atoms with van der Waals surface area (Å²) in [6.07, 6.45) is 1.21. The van der Waals surface area contributed by atoms with Crippen LogP contribution < -0.4 is 16.5 Å². The van der Waals surface area contributed by atoms with E-state index in [1.807, 2.05) is 0 Å². The Labute approximate surface area is 269 Å². The summed E-state index contributed by atoms with van der Waals surface area (Å²) in [6, 6.07) is 2.87. The smallest absolute Gasteiger partial charge is 0.352 e. The molecular weight excluding hydrogens is 671 g/mol. The Morgan fingerprint density at radius 3 is 2.76 bits per heavy atom. The number of benzene rings is 1. The van der Waals surface area contributed by atoms with E-state index in [1.54, 1.807) is 5.51 Å². The molecule has 1 unspecified atom stereocenters. The lowest BCUT2D eigenvalue weighted by molar-refractivity contribution is -0.150. The van der Waals surface area contributed by atoms with E-state index in [2.05, 4.69) is 36.2 Å². The van der Waals surface area contributed by atoms with Gasteiger partial charge in [0.05, 0.1) is 6.21 Å². The molecule has 2 atom stereocenters. The highest BCUT2D eigenvalue weighted by Gasteiger charge is 2.54. The number of aromatic hydroxyl groups is 2. The fourth-order valence-electron chi connectivity index (χ4n) is 3.97.